The van der Waals surface area contributed by atoms with Crippen molar-refractivity contribution in [3.63, 3.8) is 0 Å². The molecule has 7 nitrogen and oxygen atoms in total. The standard InChI is InChI=1S/C24H27NO6/c1-15(2)31-13-12-25-21(17-6-5-7-19(14-17)30-4)20(23(27)24(25)28)22(26)16-8-10-18(29-3)11-9-16/h5-11,14-15,21,26H,12-13H2,1-4H3/b22-20-. The molecule has 0 bridgehead atoms. The Hall–Kier alpha value is -3.32. The second-order valence-electron chi connectivity index (χ2n) is 7.42. The third-order valence-electron chi connectivity index (χ3n) is 5.10. The number of methoxy groups -OCH3 is 2. The van der Waals surface area contributed by atoms with Gasteiger partial charge in [0.1, 0.15) is 17.3 Å². The molecule has 1 aliphatic rings. The number of aliphatic hydroxyl groups is 1. The molecule has 0 radical (unpaired) electrons. The molecule has 1 aliphatic heterocycles. The number of hydrogen-bond acceptors (Lipinski definition) is 6. The molecule has 7 heteroatoms. The first kappa shape index (κ1) is 22.4. The average Bonchev–Trinajstić information content (AvgIpc) is 3.03. The third-order valence-corrected chi connectivity index (χ3v) is 5.10. The zero-order chi connectivity index (χ0) is 22.5. The lowest BCUT2D eigenvalue weighted by atomic mass is 9.95. The summed E-state index contributed by atoms with van der Waals surface area (Å²) in [6.07, 6.45) is -0.00797. The van der Waals surface area contributed by atoms with Crippen LogP contribution in [0.4, 0.5) is 0 Å². The van der Waals surface area contributed by atoms with Gasteiger partial charge in [0.25, 0.3) is 11.7 Å². The number of carbonyl (C=O) groups excluding carboxylic acids is 2. The van der Waals surface area contributed by atoms with Gasteiger partial charge in [-0.3, -0.25) is 9.59 Å². The van der Waals surface area contributed by atoms with Crippen LogP contribution in [0.2, 0.25) is 0 Å². The molecular formula is C24H27NO6. The monoisotopic (exact) mass is 425 g/mol. The Morgan fingerprint density at radius 2 is 1.71 bits per heavy atom. The van der Waals surface area contributed by atoms with Crippen LogP contribution in [0.25, 0.3) is 5.76 Å². The molecule has 1 unspecified atom stereocenters. The Bertz CT molecular complexity index is 980. The van der Waals surface area contributed by atoms with Gasteiger partial charge in [0.05, 0.1) is 38.5 Å². The van der Waals surface area contributed by atoms with E-state index in [2.05, 4.69) is 0 Å². The Kier molecular flexibility index (Phi) is 6.97. The van der Waals surface area contributed by atoms with E-state index in [1.807, 2.05) is 13.8 Å². The fourth-order valence-corrected chi connectivity index (χ4v) is 3.56. The summed E-state index contributed by atoms with van der Waals surface area (Å²) in [6.45, 7) is 4.28. The van der Waals surface area contributed by atoms with Crippen LogP contribution in [0, 0.1) is 0 Å². The summed E-state index contributed by atoms with van der Waals surface area (Å²) < 4.78 is 16.1. The van der Waals surface area contributed by atoms with E-state index in [9.17, 15) is 14.7 Å². The molecule has 3 rings (SSSR count). The molecule has 1 saturated heterocycles. The summed E-state index contributed by atoms with van der Waals surface area (Å²) in [5.41, 5.74) is 1.12. The van der Waals surface area contributed by atoms with Crippen molar-refractivity contribution < 1.29 is 28.9 Å². The number of nitrogens with zero attached hydrogens (tertiary/aromatic N) is 1. The van der Waals surface area contributed by atoms with E-state index in [0.29, 0.717) is 22.6 Å². The Morgan fingerprint density at radius 1 is 1.03 bits per heavy atom. The summed E-state index contributed by atoms with van der Waals surface area (Å²) in [4.78, 5) is 27.3. The molecule has 1 amide bonds. The van der Waals surface area contributed by atoms with Crippen LogP contribution in [-0.4, -0.2) is 55.2 Å². The third kappa shape index (κ3) is 4.72. The Labute approximate surface area is 181 Å². The molecule has 164 valence electrons. The highest BCUT2D eigenvalue weighted by Crippen LogP contribution is 2.40. The maximum atomic E-state index is 13.0. The van der Waals surface area contributed by atoms with Crippen molar-refractivity contribution in [1.82, 2.24) is 4.90 Å². The predicted octanol–water partition coefficient (Wildman–Crippen LogP) is 3.55. The largest absolute Gasteiger partial charge is 0.507 e. The number of rotatable bonds is 8. The van der Waals surface area contributed by atoms with Crippen LogP contribution in [0.1, 0.15) is 31.0 Å². The highest BCUT2D eigenvalue weighted by Gasteiger charge is 2.46. The van der Waals surface area contributed by atoms with Gasteiger partial charge in [-0.1, -0.05) is 12.1 Å². The fourth-order valence-electron chi connectivity index (χ4n) is 3.56. The number of Topliss-reactive ketones (excluding diaryl/α,β-unsaturated/α-hetero) is 1. The van der Waals surface area contributed by atoms with Crippen molar-refractivity contribution in [2.45, 2.75) is 26.0 Å². The van der Waals surface area contributed by atoms with Crippen molar-refractivity contribution in [3.8, 4) is 11.5 Å². The van der Waals surface area contributed by atoms with Gasteiger partial charge in [0.2, 0.25) is 0 Å². The molecule has 1 fully saturated rings. The smallest absolute Gasteiger partial charge is 0.295 e. The normalized spacial score (nSPS) is 18.0. The summed E-state index contributed by atoms with van der Waals surface area (Å²) in [5, 5.41) is 11.0. The van der Waals surface area contributed by atoms with Gasteiger partial charge in [-0.15, -0.1) is 0 Å². The average molecular weight is 425 g/mol. The van der Waals surface area contributed by atoms with E-state index in [0.717, 1.165) is 0 Å². The lowest BCUT2D eigenvalue weighted by molar-refractivity contribution is -0.140. The van der Waals surface area contributed by atoms with Crippen molar-refractivity contribution in [2.24, 2.45) is 0 Å². The number of ether oxygens (including phenoxy) is 3. The molecule has 2 aromatic carbocycles. The van der Waals surface area contributed by atoms with Gasteiger partial charge in [0, 0.05) is 12.1 Å². The van der Waals surface area contributed by atoms with E-state index < -0.39 is 17.7 Å². The highest BCUT2D eigenvalue weighted by molar-refractivity contribution is 6.46. The molecule has 0 spiro atoms. The number of hydrogen-bond donors (Lipinski definition) is 1. The molecule has 31 heavy (non-hydrogen) atoms. The number of carbonyl (C=O) groups is 2. The van der Waals surface area contributed by atoms with Crippen LogP contribution in [0.5, 0.6) is 11.5 Å². The minimum absolute atomic E-state index is 0.00797. The Balaban J connectivity index is 2.09. The van der Waals surface area contributed by atoms with Crippen LogP contribution in [0.3, 0.4) is 0 Å². The van der Waals surface area contributed by atoms with Crippen molar-refractivity contribution in [2.75, 3.05) is 27.4 Å². The molecule has 1 atom stereocenters. The second-order valence-corrected chi connectivity index (χ2v) is 7.42. The summed E-state index contributed by atoms with van der Waals surface area (Å²) >= 11 is 0. The maximum absolute atomic E-state index is 13.0. The number of amides is 1. The van der Waals surface area contributed by atoms with Crippen molar-refractivity contribution in [3.05, 3.63) is 65.2 Å². The molecule has 0 saturated carbocycles. The topological polar surface area (TPSA) is 85.3 Å². The van der Waals surface area contributed by atoms with Crippen LogP contribution < -0.4 is 9.47 Å². The van der Waals surface area contributed by atoms with E-state index in [1.165, 1.54) is 4.90 Å². The summed E-state index contributed by atoms with van der Waals surface area (Å²) in [6, 6.07) is 13.0. The zero-order valence-corrected chi connectivity index (χ0v) is 18.1. The first-order chi connectivity index (χ1) is 14.9. The Morgan fingerprint density at radius 3 is 2.32 bits per heavy atom. The summed E-state index contributed by atoms with van der Waals surface area (Å²) in [7, 11) is 3.09. The number of likely N-dealkylation sites (tertiary alicyclic amines) is 1. The van der Waals surface area contributed by atoms with E-state index >= 15 is 0 Å². The zero-order valence-electron chi connectivity index (χ0n) is 18.1. The van der Waals surface area contributed by atoms with Gasteiger partial charge < -0.3 is 24.2 Å². The van der Waals surface area contributed by atoms with Crippen LogP contribution >= 0.6 is 0 Å². The van der Waals surface area contributed by atoms with Crippen LogP contribution in [0.15, 0.2) is 54.1 Å². The molecule has 1 N–H and O–H groups in total. The quantitative estimate of drug-likeness (QED) is 0.396. The number of benzene rings is 2. The van der Waals surface area contributed by atoms with E-state index in [-0.39, 0.29) is 30.6 Å². The van der Waals surface area contributed by atoms with Gasteiger partial charge in [-0.25, -0.2) is 0 Å². The molecular weight excluding hydrogens is 398 g/mol. The molecule has 1 heterocycles. The van der Waals surface area contributed by atoms with Crippen LogP contribution in [-0.2, 0) is 14.3 Å². The van der Waals surface area contributed by atoms with Crippen molar-refractivity contribution in [1.29, 1.82) is 0 Å². The first-order valence-electron chi connectivity index (χ1n) is 10.1. The minimum Gasteiger partial charge on any atom is -0.507 e. The van der Waals surface area contributed by atoms with Crippen molar-refractivity contribution >= 4 is 17.4 Å². The highest BCUT2D eigenvalue weighted by atomic mass is 16.5. The minimum atomic E-state index is -0.757. The SMILES string of the molecule is COc1ccc(/C(O)=C2/C(=O)C(=O)N(CCOC(C)C)C2c2cccc(OC)c2)cc1. The number of ketones is 1. The van der Waals surface area contributed by atoms with Gasteiger partial charge in [-0.2, -0.15) is 0 Å². The van der Waals surface area contributed by atoms with Gasteiger partial charge in [0.15, 0.2) is 0 Å². The lowest BCUT2D eigenvalue weighted by Gasteiger charge is -2.26. The molecule has 0 aliphatic carbocycles. The summed E-state index contributed by atoms with van der Waals surface area (Å²) in [5.74, 6) is -0.430. The fraction of sp³-hybridized carbons (Fsp3) is 0.333. The van der Waals surface area contributed by atoms with Gasteiger partial charge >= 0.3 is 0 Å². The predicted molar refractivity (Wildman–Crippen MR) is 116 cm³/mol. The second kappa shape index (κ2) is 9.66. The van der Waals surface area contributed by atoms with E-state index in [1.54, 1.807) is 62.8 Å². The molecule has 0 aromatic heterocycles. The van der Waals surface area contributed by atoms with E-state index in [4.69, 9.17) is 14.2 Å². The molecule has 2 aromatic rings. The number of aliphatic hydroxyl groups excluding tert-OH is 1. The lowest BCUT2D eigenvalue weighted by Crippen LogP contribution is -2.33. The first-order valence-corrected chi connectivity index (χ1v) is 10.1. The maximum Gasteiger partial charge on any atom is 0.295 e. The van der Waals surface area contributed by atoms with Gasteiger partial charge in [-0.05, 0) is 55.8 Å².